The number of nitrogens with zero attached hydrogens (tertiary/aromatic N) is 3. The molecule has 0 spiro atoms. The summed E-state index contributed by atoms with van der Waals surface area (Å²) in [6.45, 7) is 5.42. The Morgan fingerprint density at radius 1 is 1.27 bits per heavy atom. The van der Waals surface area contributed by atoms with E-state index in [2.05, 4.69) is 10.4 Å². The predicted octanol–water partition coefficient (Wildman–Crippen LogP) is 1.62. The summed E-state index contributed by atoms with van der Waals surface area (Å²) >= 11 is 0. The first kappa shape index (κ1) is 18.1. The molecule has 26 heavy (non-hydrogen) atoms. The van der Waals surface area contributed by atoms with Gasteiger partial charge in [-0.1, -0.05) is 18.2 Å². The molecule has 2 aromatic rings. The van der Waals surface area contributed by atoms with Gasteiger partial charge in [0.2, 0.25) is 11.8 Å². The van der Waals surface area contributed by atoms with Crippen molar-refractivity contribution in [2.75, 3.05) is 25.0 Å². The minimum Gasteiger partial charge on any atom is -0.369 e. The van der Waals surface area contributed by atoms with Crippen LogP contribution in [-0.2, 0) is 9.59 Å². The van der Waals surface area contributed by atoms with E-state index in [0.29, 0.717) is 6.54 Å². The Morgan fingerprint density at radius 3 is 2.69 bits per heavy atom. The molecule has 3 rings (SSSR count). The maximum absolute atomic E-state index is 12.5. The number of benzene rings is 1. The van der Waals surface area contributed by atoms with E-state index in [-0.39, 0.29) is 24.3 Å². The van der Waals surface area contributed by atoms with Gasteiger partial charge < -0.3 is 11.1 Å². The second-order valence-corrected chi connectivity index (χ2v) is 6.82. The topological polar surface area (TPSA) is 93.2 Å². The molecule has 0 radical (unpaired) electrons. The maximum atomic E-state index is 12.5. The number of piperidine rings is 1. The summed E-state index contributed by atoms with van der Waals surface area (Å²) in [7, 11) is 0. The second-order valence-electron chi connectivity index (χ2n) is 6.82. The Bertz CT molecular complexity index is 800. The number of nitrogens with two attached hydrogens (primary N) is 1. The molecule has 138 valence electrons. The SMILES string of the molecule is Cc1nn(-c2ccccc2)c(C)c1NC(=O)CN1CCC[C@@H](C(N)=O)C1. The van der Waals surface area contributed by atoms with Crippen LogP contribution < -0.4 is 11.1 Å². The highest BCUT2D eigenvalue weighted by atomic mass is 16.2. The largest absolute Gasteiger partial charge is 0.369 e. The zero-order valence-electron chi connectivity index (χ0n) is 15.2. The molecule has 1 aliphatic heterocycles. The summed E-state index contributed by atoms with van der Waals surface area (Å²) in [5.41, 5.74) is 8.75. The fourth-order valence-corrected chi connectivity index (χ4v) is 3.46. The molecule has 1 aromatic heterocycles. The highest BCUT2D eigenvalue weighted by Gasteiger charge is 2.25. The van der Waals surface area contributed by atoms with Crippen LogP contribution in [-0.4, -0.2) is 46.1 Å². The third-order valence-corrected chi connectivity index (χ3v) is 4.83. The molecule has 0 unspecified atom stereocenters. The van der Waals surface area contributed by atoms with Crippen LogP contribution in [0.3, 0.4) is 0 Å². The van der Waals surface area contributed by atoms with Gasteiger partial charge in [-0.05, 0) is 45.4 Å². The summed E-state index contributed by atoms with van der Waals surface area (Å²) in [5, 5.41) is 7.52. The molecule has 0 aliphatic carbocycles. The van der Waals surface area contributed by atoms with Gasteiger partial charge in [0.05, 0.1) is 35.2 Å². The Balaban J connectivity index is 1.68. The number of para-hydroxylation sites is 1. The summed E-state index contributed by atoms with van der Waals surface area (Å²) < 4.78 is 1.83. The number of aryl methyl sites for hydroxylation is 1. The fourth-order valence-electron chi connectivity index (χ4n) is 3.46. The third kappa shape index (κ3) is 3.94. The van der Waals surface area contributed by atoms with Crippen molar-refractivity contribution in [1.29, 1.82) is 0 Å². The lowest BCUT2D eigenvalue weighted by molar-refractivity contribution is -0.125. The van der Waals surface area contributed by atoms with Gasteiger partial charge in [-0.15, -0.1) is 0 Å². The van der Waals surface area contributed by atoms with Crippen molar-refractivity contribution in [3.63, 3.8) is 0 Å². The van der Waals surface area contributed by atoms with Crippen LogP contribution in [0.4, 0.5) is 5.69 Å². The first-order chi connectivity index (χ1) is 12.5. The van der Waals surface area contributed by atoms with Crippen molar-refractivity contribution in [3.05, 3.63) is 41.7 Å². The quantitative estimate of drug-likeness (QED) is 0.852. The summed E-state index contributed by atoms with van der Waals surface area (Å²) in [6.07, 6.45) is 1.68. The number of amides is 2. The van der Waals surface area contributed by atoms with Gasteiger partial charge in [0.25, 0.3) is 0 Å². The van der Waals surface area contributed by atoms with E-state index in [4.69, 9.17) is 5.73 Å². The number of hydrogen-bond acceptors (Lipinski definition) is 4. The second kappa shape index (κ2) is 7.70. The van der Waals surface area contributed by atoms with Gasteiger partial charge in [-0.2, -0.15) is 5.10 Å². The minimum atomic E-state index is -0.286. The van der Waals surface area contributed by atoms with Crippen molar-refractivity contribution in [1.82, 2.24) is 14.7 Å². The number of rotatable bonds is 5. The molecule has 1 aliphatic rings. The highest BCUT2D eigenvalue weighted by Crippen LogP contribution is 2.23. The minimum absolute atomic E-state index is 0.103. The number of anilines is 1. The molecule has 0 bridgehead atoms. The van der Waals surface area contributed by atoms with Gasteiger partial charge in [-0.3, -0.25) is 14.5 Å². The fraction of sp³-hybridized carbons (Fsp3) is 0.421. The number of primary amides is 1. The zero-order valence-corrected chi connectivity index (χ0v) is 15.2. The van der Waals surface area contributed by atoms with E-state index in [1.165, 1.54) is 0 Å². The molecule has 2 amide bonds. The molecular formula is C19H25N5O2. The summed E-state index contributed by atoms with van der Waals surface area (Å²) in [4.78, 5) is 25.9. The third-order valence-electron chi connectivity index (χ3n) is 4.83. The van der Waals surface area contributed by atoms with E-state index < -0.39 is 0 Å². The summed E-state index contributed by atoms with van der Waals surface area (Å²) in [6, 6.07) is 9.81. The molecule has 1 aromatic carbocycles. The highest BCUT2D eigenvalue weighted by molar-refractivity contribution is 5.93. The van der Waals surface area contributed by atoms with E-state index >= 15 is 0 Å². The van der Waals surface area contributed by atoms with E-state index in [1.54, 1.807) is 0 Å². The lowest BCUT2D eigenvalue weighted by Gasteiger charge is -2.30. The van der Waals surface area contributed by atoms with Gasteiger partial charge >= 0.3 is 0 Å². The van der Waals surface area contributed by atoms with E-state index in [1.807, 2.05) is 53.8 Å². The van der Waals surface area contributed by atoms with Crippen LogP contribution in [0.25, 0.3) is 5.69 Å². The van der Waals surface area contributed by atoms with E-state index in [0.717, 1.165) is 42.1 Å². The Morgan fingerprint density at radius 2 is 2.00 bits per heavy atom. The molecule has 2 heterocycles. The van der Waals surface area contributed by atoms with Crippen LogP contribution in [0.2, 0.25) is 0 Å². The molecule has 1 fully saturated rings. The first-order valence-electron chi connectivity index (χ1n) is 8.89. The average molecular weight is 355 g/mol. The van der Waals surface area contributed by atoms with Crippen molar-refractivity contribution in [2.45, 2.75) is 26.7 Å². The smallest absolute Gasteiger partial charge is 0.238 e. The molecule has 1 atom stereocenters. The number of likely N-dealkylation sites (tertiary alicyclic amines) is 1. The number of carbonyl (C=O) groups excluding carboxylic acids is 2. The first-order valence-corrected chi connectivity index (χ1v) is 8.89. The van der Waals surface area contributed by atoms with Crippen LogP contribution in [0.5, 0.6) is 0 Å². The molecule has 7 nitrogen and oxygen atoms in total. The van der Waals surface area contributed by atoms with Gasteiger partial charge in [0.1, 0.15) is 0 Å². The Kier molecular flexibility index (Phi) is 5.37. The Hall–Kier alpha value is -2.67. The number of hydrogen-bond donors (Lipinski definition) is 2. The Labute approximate surface area is 153 Å². The number of carbonyl (C=O) groups is 2. The number of nitrogens with one attached hydrogen (secondary N) is 1. The zero-order chi connectivity index (χ0) is 18.7. The van der Waals surface area contributed by atoms with Gasteiger partial charge in [0.15, 0.2) is 0 Å². The monoisotopic (exact) mass is 355 g/mol. The molecule has 1 saturated heterocycles. The maximum Gasteiger partial charge on any atom is 0.238 e. The summed E-state index contributed by atoms with van der Waals surface area (Å²) in [5.74, 6) is -0.555. The standard InChI is InChI=1S/C19H25N5O2/c1-13-18(14(2)24(22-13)16-8-4-3-5-9-16)21-17(25)12-23-10-6-7-15(11-23)19(20)26/h3-5,8-9,15H,6-7,10-12H2,1-2H3,(H2,20,26)(H,21,25)/t15-/m1/s1. The molecular weight excluding hydrogens is 330 g/mol. The van der Waals surface area contributed by atoms with Crippen molar-refractivity contribution in [3.8, 4) is 5.69 Å². The predicted molar refractivity (Wildman–Crippen MR) is 100 cm³/mol. The number of aromatic nitrogens is 2. The van der Waals surface area contributed by atoms with Gasteiger partial charge in [0, 0.05) is 6.54 Å². The lowest BCUT2D eigenvalue weighted by atomic mass is 9.97. The van der Waals surface area contributed by atoms with E-state index in [9.17, 15) is 9.59 Å². The van der Waals surface area contributed by atoms with Crippen LogP contribution in [0.1, 0.15) is 24.2 Å². The van der Waals surface area contributed by atoms with Gasteiger partial charge in [-0.25, -0.2) is 4.68 Å². The van der Waals surface area contributed by atoms with Crippen molar-refractivity contribution >= 4 is 17.5 Å². The average Bonchev–Trinajstić information content (AvgIpc) is 2.91. The molecule has 7 heteroatoms. The normalized spacial score (nSPS) is 17.8. The molecule has 0 saturated carbocycles. The van der Waals surface area contributed by atoms with Crippen LogP contribution >= 0.6 is 0 Å². The lowest BCUT2D eigenvalue weighted by Crippen LogP contribution is -2.44. The van der Waals surface area contributed by atoms with Crippen molar-refractivity contribution < 1.29 is 9.59 Å². The van der Waals surface area contributed by atoms with Crippen LogP contribution in [0.15, 0.2) is 30.3 Å². The van der Waals surface area contributed by atoms with Crippen LogP contribution in [0, 0.1) is 19.8 Å². The molecule has 3 N–H and O–H groups in total. The van der Waals surface area contributed by atoms with Crippen molar-refractivity contribution in [2.24, 2.45) is 11.7 Å².